The van der Waals surface area contributed by atoms with Crippen molar-refractivity contribution in [2.45, 2.75) is 57.4 Å². The third-order valence-electron chi connectivity index (χ3n) is 5.88. The number of amides is 2. The minimum atomic E-state index is -3.21. The molecule has 2 N–H and O–H groups in total. The minimum absolute atomic E-state index is 0.0384. The number of anilines is 1. The van der Waals surface area contributed by atoms with Crippen molar-refractivity contribution < 1.29 is 18.0 Å². The van der Waals surface area contributed by atoms with Gasteiger partial charge < -0.3 is 10.6 Å². The van der Waals surface area contributed by atoms with Crippen LogP contribution in [0.3, 0.4) is 0 Å². The van der Waals surface area contributed by atoms with Crippen molar-refractivity contribution in [3.05, 3.63) is 23.9 Å². The molecular formula is C22H30N4O4S. The molecule has 2 heterocycles. The summed E-state index contributed by atoms with van der Waals surface area (Å²) in [5.74, 6) is 6.50. The van der Waals surface area contributed by atoms with Gasteiger partial charge in [0.1, 0.15) is 11.4 Å². The van der Waals surface area contributed by atoms with Gasteiger partial charge in [-0.25, -0.2) is 17.7 Å². The highest BCUT2D eigenvalue weighted by Gasteiger charge is 2.36. The Bertz CT molecular complexity index is 965. The average molecular weight is 447 g/mol. The monoisotopic (exact) mass is 446 g/mol. The molecule has 2 aliphatic rings. The van der Waals surface area contributed by atoms with Gasteiger partial charge in [0.05, 0.1) is 6.26 Å². The number of nitrogens with one attached hydrogen (secondary N) is 2. The Kier molecular flexibility index (Phi) is 7.34. The summed E-state index contributed by atoms with van der Waals surface area (Å²) in [6.45, 7) is 2.18. The number of rotatable bonds is 4. The zero-order valence-electron chi connectivity index (χ0n) is 18.1. The maximum atomic E-state index is 13.0. The molecule has 0 radical (unpaired) electrons. The molecule has 168 valence electrons. The summed E-state index contributed by atoms with van der Waals surface area (Å²) >= 11 is 0. The lowest BCUT2D eigenvalue weighted by atomic mass is 9.81. The summed E-state index contributed by atoms with van der Waals surface area (Å²) in [6.07, 6.45) is 8.58. The number of nitrogens with zero attached hydrogens (tertiary/aromatic N) is 2. The van der Waals surface area contributed by atoms with E-state index in [1.54, 1.807) is 18.3 Å². The van der Waals surface area contributed by atoms with Gasteiger partial charge in [-0.1, -0.05) is 31.1 Å². The number of aromatic nitrogens is 1. The molecule has 0 bridgehead atoms. The van der Waals surface area contributed by atoms with Gasteiger partial charge in [-0.2, -0.15) is 0 Å². The first-order valence-electron chi connectivity index (χ1n) is 10.7. The molecule has 0 unspecified atom stereocenters. The van der Waals surface area contributed by atoms with Crippen LogP contribution in [0.15, 0.2) is 18.3 Å². The SMILES string of the molecule is CC(=O)Nc1ccc(C#CC2(NC(=O)C3CCN(S(C)(=O)=O)CC3)CCCCC2)cn1. The van der Waals surface area contributed by atoms with E-state index in [4.69, 9.17) is 0 Å². The second-order valence-electron chi connectivity index (χ2n) is 8.43. The fourth-order valence-electron chi connectivity index (χ4n) is 4.14. The lowest BCUT2D eigenvalue weighted by Gasteiger charge is -2.36. The number of hydrogen-bond acceptors (Lipinski definition) is 5. The average Bonchev–Trinajstić information content (AvgIpc) is 2.73. The standard InChI is InChI=1S/C22H30N4O4S/c1-17(27)24-20-7-6-18(16-23-20)8-13-22(11-4-3-5-12-22)25-21(28)19-9-14-26(15-10-19)31(2,29)30/h6-7,16,19H,3-5,9-12,14-15H2,1-2H3,(H,25,28)(H,23,24,27). The van der Waals surface area contributed by atoms with E-state index in [9.17, 15) is 18.0 Å². The van der Waals surface area contributed by atoms with Gasteiger partial charge in [-0.3, -0.25) is 9.59 Å². The van der Waals surface area contributed by atoms with Gasteiger partial charge in [0.2, 0.25) is 21.8 Å². The van der Waals surface area contributed by atoms with Crippen molar-refractivity contribution in [2.24, 2.45) is 5.92 Å². The number of hydrogen-bond donors (Lipinski definition) is 2. The van der Waals surface area contributed by atoms with Gasteiger partial charge in [-0.15, -0.1) is 0 Å². The van der Waals surface area contributed by atoms with Crippen LogP contribution in [0.2, 0.25) is 0 Å². The summed E-state index contributed by atoms with van der Waals surface area (Å²) in [7, 11) is -3.21. The van der Waals surface area contributed by atoms with E-state index in [1.807, 2.05) is 0 Å². The third-order valence-corrected chi connectivity index (χ3v) is 7.18. The molecule has 2 fully saturated rings. The Morgan fingerprint density at radius 2 is 1.84 bits per heavy atom. The number of piperidine rings is 1. The van der Waals surface area contributed by atoms with Crippen LogP contribution in [0.4, 0.5) is 5.82 Å². The van der Waals surface area contributed by atoms with Crippen LogP contribution in [-0.4, -0.2) is 54.4 Å². The minimum Gasteiger partial charge on any atom is -0.340 e. The van der Waals surface area contributed by atoms with Crippen LogP contribution in [-0.2, 0) is 19.6 Å². The van der Waals surface area contributed by atoms with Crippen LogP contribution in [0.5, 0.6) is 0 Å². The summed E-state index contributed by atoms with van der Waals surface area (Å²) in [5.41, 5.74) is 0.148. The summed E-state index contributed by atoms with van der Waals surface area (Å²) in [5, 5.41) is 5.83. The molecule has 2 amide bonds. The van der Waals surface area contributed by atoms with Crippen molar-refractivity contribution in [3.8, 4) is 11.8 Å². The number of sulfonamides is 1. The van der Waals surface area contributed by atoms with Crippen molar-refractivity contribution in [1.82, 2.24) is 14.6 Å². The zero-order chi connectivity index (χ0) is 22.5. The predicted molar refractivity (Wildman–Crippen MR) is 119 cm³/mol. The van der Waals surface area contributed by atoms with Crippen LogP contribution < -0.4 is 10.6 Å². The van der Waals surface area contributed by atoms with Crippen LogP contribution in [0.1, 0.15) is 57.4 Å². The Morgan fingerprint density at radius 1 is 1.16 bits per heavy atom. The van der Waals surface area contributed by atoms with Gasteiger partial charge >= 0.3 is 0 Å². The second-order valence-corrected chi connectivity index (χ2v) is 10.4. The highest BCUT2D eigenvalue weighted by atomic mass is 32.2. The van der Waals surface area contributed by atoms with E-state index in [2.05, 4.69) is 27.5 Å². The van der Waals surface area contributed by atoms with E-state index >= 15 is 0 Å². The zero-order valence-corrected chi connectivity index (χ0v) is 18.9. The van der Waals surface area contributed by atoms with E-state index in [0.717, 1.165) is 37.7 Å². The second kappa shape index (κ2) is 9.79. The summed E-state index contributed by atoms with van der Waals surface area (Å²) < 4.78 is 24.8. The normalized spacial score (nSPS) is 19.7. The molecule has 1 aliphatic carbocycles. The molecular weight excluding hydrogens is 416 g/mol. The van der Waals surface area contributed by atoms with Crippen molar-refractivity contribution in [2.75, 3.05) is 24.7 Å². The molecule has 9 heteroatoms. The molecule has 1 aliphatic heterocycles. The van der Waals surface area contributed by atoms with Gasteiger partial charge in [0.25, 0.3) is 0 Å². The lowest BCUT2D eigenvalue weighted by Crippen LogP contribution is -2.52. The first kappa shape index (κ1) is 23.2. The van der Waals surface area contributed by atoms with E-state index in [0.29, 0.717) is 31.7 Å². The Hall–Kier alpha value is -2.44. The fourth-order valence-corrected chi connectivity index (χ4v) is 5.01. The van der Waals surface area contributed by atoms with E-state index in [1.165, 1.54) is 17.5 Å². The first-order valence-corrected chi connectivity index (χ1v) is 12.6. The molecule has 1 saturated carbocycles. The van der Waals surface area contributed by atoms with Crippen LogP contribution in [0.25, 0.3) is 0 Å². The summed E-state index contributed by atoms with van der Waals surface area (Å²) in [6, 6.07) is 3.50. The van der Waals surface area contributed by atoms with Crippen LogP contribution in [0, 0.1) is 17.8 Å². The van der Waals surface area contributed by atoms with Gasteiger partial charge in [-0.05, 0) is 37.8 Å². The molecule has 31 heavy (non-hydrogen) atoms. The molecule has 1 aromatic heterocycles. The maximum absolute atomic E-state index is 13.0. The smallest absolute Gasteiger partial charge is 0.224 e. The number of pyridine rings is 1. The number of carbonyl (C=O) groups excluding carboxylic acids is 2. The highest BCUT2D eigenvalue weighted by molar-refractivity contribution is 7.88. The predicted octanol–water partition coefficient (Wildman–Crippen LogP) is 1.88. The Balaban J connectivity index is 1.68. The Morgan fingerprint density at radius 3 is 2.39 bits per heavy atom. The molecule has 0 atom stereocenters. The van der Waals surface area contributed by atoms with Crippen molar-refractivity contribution in [3.63, 3.8) is 0 Å². The van der Waals surface area contributed by atoms with Crippen molar-refractivity contribution in [1.29, 1.82) is 0 Å². The maximum Gasteiger partial charge on any atom is 0.224 e. The lowest BCUT2D eigenvalue weighted by molar-refractivity contribution is -0.127. The highest BCUT2D eigenvalue weighted by Crippen LogP contribution is 2.29. The molecule has 8 nitrogen and oxygen atoms in total. The molecule has 3 rings (SSSR count). The van der Waals surface area contributed by atoms with Crippen LogP contribution >= 0.6 is 0 Å². The largest absolute Gasteiger partial charge is 0.340 e. The molecule has 1 saturated heterocycles. The summed E-state index contributed by atoms with van der Waals surface area (Å²) in [4.78, 5) is 28.3. The van der Waals surface area contributed by atoms with Gasteiger partial charge in [0, 0.05) is 37.7 Å². The first-order chi connectivity index (χ1) is 14.7. The van der Waals surface area contributed by atoms with E-state index in [-0.39, 0.29) is 17.7 Å². The molecule has 0 spiro atoms. The Labute approximate surface area is 184 Å². The topological polar surface area (TPSA) is 108 Å². The fraction of sp³-hybridized carbons (Fsp3) is 0.591. The van der Waals surface area contributed by atoms with Gasteiger partial charge in [0.15, 0.2) is 0 Å². The van der Waals surface area contributed by atoms with E-state index < -0.39 is 15.6 Å². The molecule has 1 aromatic rings. The number of carbonyl (C=O) groups is 2. The molecule has 0 aromatic carbocycles. The van der Waals surface area contributed by atoms with Crippen molar-refractivity contribution >= 4 is 27.7 Å². The third kappa shape index (κ3) is 6.52. The quantitative estimate of drug-likeness (QED) is 0.687.